The molecule has 98 valence electrons. The molecule has 0 fully saturated rings. The molecule has 0 bridgehead atoms. The van der Waals surface area contributed by atoms with Crippen molar-refractivity contribution in [1.29, 1.82) is 0 Å². The van der Waals surface area contributed by atoms with Gasteiger partial charge in [-0.25, -0.2) is 0 Å². The van der Waals surface area contributed by atoms with Gasteiger partial charge in [-0.05, 0) is 13.3 Å². The molecule has 0 atom stereocenters. The summed E-state index contributed by atoms with van der Waals surface area (Å²) in [6.07, 6.45) is 0.858. The van der Waals surface area contributed by atoms with Crippen LogP contribution in [0.1, 0.15) is 20.3 Å². The zero-order chi connectivity index (χ0) is 13.5. The lowest BCUT2D eigenvalue weighted by Crippen LogP contribution is -2.03. The summed E-state index contributed by atoms with van der Waals surface area (Å²) >= 11 is 0. The molecular formula is C13H18N2O3. The SMILES string of the molecule is C=C(C)CNc1cc(OCCC)cc([N+](=O)[O-])c1. The number of hydrogen-bond acceptors (Lipinski definition) is 4. The molecule has 0 heterocycles. The smallest absolute Gasteiger partial charge is 0.275 e. The maximum absolute atomic E-state index is 10.8. The zero-order valence-corrected chi connectivity index (χ0v) is 10.7. The normalized spacial score (nSPS) is 9.89. The van der Waals surface area contributed by atoms with Crippen molar-refractivity contribution in [3.05, 3.63) is 40.5 Å². The van der Waals surface area contributed by atoms with E-state index in [1.807, 2.05) is 13.8 Å². The van der Waals surface area contributed by atoms with Crippen LogP contribution in [0.15, 0.2) is 30.4 Å². The van der Waals surface area contributed by atoms with E-state index in [2.05, 4.69) is 11.9 Å². The second-order valence-corrected chi connectivity index (χ2v) is 4.13. The van der Waals surface area contributed by atoms with E-state index in [0.717, 1.165) is 12.0 Å². The number of nitrogens with one attached hydrogen (secondary N) is 1. The van der Waals surface area contributed by atoms with Gasteiger partial charge in [0.05, 0.1) is 17.6 Å². The fourth-order valence-corrected chi connectivity index (χ4v) is 1.35. The standard InChI is InChI=1S/C13H18N2O3/c1-4-5-18-13-7-11(14-9-10(2)3)6-12(8-13)15(16)17/h6-8,14H,2,4-5,9H2,1,3H3. The average molecular weight is 250 g/mol. The van der Waals surface area contributed by atoms with Crippen LogP contribution in [0, 0.1) is 10.1 Å². The van der Waals surface area contributed by atoms with Gasteiger partial charge in [0.15, 0.2) is 0 Å². The Kier molecular flexibility index (Phi) is 5.17. The first-order valence-corrected chi connectivity index (χ1v) is 5.83. The topological polar surface area (TPSA) is 64.4 Å². The fourth-order valence-electron chi connectivity index (χ4n) is 1.35. The third-order valence-electron chi connectivity index (χ3n) is 2.17. The molecule has 0 saturated heterocycles. The van der Waals surface area contributed by atoms with E-state index in [0.29, 0.717) is 24.6 Å². The summed E-state index contributed by atoms with van der Waals surface area (Å²) in [6, 6.07) is 4.68. The second kappa shape index (κ2) is 6.64. The van der Waals surface area contributed by atoms with Crippen LogP contribution in [0.25, 0.3) is 0 Å². The Hall–Kier alpha value is -2.04. The highest BCUT2D eigenvalue weighted by Gasteiger charge is 2.10. The first kappa shape index (κ1) is 14.0. The summed E-state index contributed by atoms with van der Waals surface area (Å²) < 4.78 is 5.43. The van der Waals surface area contributed by atoms with Gasteiger partial charge < -0.3 is 10.1 Å². The van der Waals surface area contributed by atoms with Crippen molar-refractivity contribution in [2.75, 3.05) is 18.5 Å². The van der Waals surface area contributed by atoms with Crippen LogP contribution in [0.5, 0.6) is 5.75 Å². The van der Waals surface area contributed by atoms with Crippen LogP contribution in [0.2, 0.25) is 0 Å². The van der Waals surface area contributed by atoms with Gasteiger partial charge in [-0.2, -0.15) is 0 Å². The number of anilines is 1. The molecule has 1 rings (SSSR count). The predicted octanol–water partition coefficient (Wildman–Crippen LogP) is 3.37. The minimum Gasteiger partial charge on any atom is -0.493 e. The zero-order valence-electron chi connectivity index (χ0n) is 10.7. The first-order chi connectivity index (χ1) is 8.52. The van der Waals surface area contributed by atoms with Gasteiger partial charge in [0.1, 0.15) is 5.75 Å². The van der Waals surface area contributed by atoms with Gasteiger partial charge >= 0.3 is 0 Å². The highest BCUT2D eigenvalue weighted by atomic mass is 16.6. The molecule has 0 saturated carbocycles. The predicted molar refractivity (Wildman–Crippen MR) is 72.2 cm³/mol. The molecule has 1 aromatic rings. The molecular weight excluding hydrogens is 232 g/mol. The van der Waals surface area contributed by atoms with Crippen molar-refractivity contribution in [3.8, 4) is 5.75 Å². The highest BCUT2D eigenvalue weighted by molar-refractivity contribution is 5.56. The molecule has 0 aromatic heterocycles. The summed E-state index contributed by atoms with van der Waals surface area (Å²) in [5, 5.41) is 13.9. The third kappa shape index (κ3) is 4.45. The van der Waals surface area contributed by atoms with Crippen molar-refractivity contribution < 1.29 is 9.66 Å². The summed E-state index contributed by atoms with van der Waals surface area (Å²) in [7, 11) is 0. The Morgan fingerprint density at radius 1 is 1.50 bits per heavy atom. The minimum atomic E-state index is -0.426. The number of nitrogens with zero attached hydrogens (tertiary/aromatic N) is 1. The molecule has 1 N–H and O–H groups in total. The monoisotopic (exact) mass is 250 g/mol. The molecule has 1 aromatic carbocycles. The van der Waals surface area contributed by atoms with Gasteiger partial charge in [-0.3, -0.25) is 10.1 Å². The number of ether oxygens (including phenoxy) is 1. The minimum absolute atomic E-state index is 0.0211. The van der Waals surface area contributed by atoms with Crippen molar-refractivity contribution in [2.45, 2.75) is 20.3 Å². The second-order valence-electron chi connectivity index (χ2n) is 4.13. The largest absolute Gasteiger partial charge is 0.493 e. The van der Waals surface area contributed by atoms with Crippen LogP contribution in [0.3, 0.4) is 0 Å². The van der Waals surface area contributed by atoms with Gasteiger partial charge in [-0.15, -0.1) is 0 Å². The van der Waals surface area contributed by atoms with Crippen LogP contribution < -0.4 is 10.1 Å². The van der Waals surface area contributed by atoms with E-state index >= 15 is 0 Å². The lowest BCUT2D eigenvalue weighted by molar-refractivity contribution is -0.384. The van der Waals surface area contributed by atoms with E-state index in [-0.39, 0.29) is 5.69 Å². The Labute approximate surface area is 107 Å². The van der Waals surface area contributed by atoms with E-state index in [9.17, 15) is 10.1 Å². The molecule has 0 spiro atoms. The van der Waals surface area contributed by atoms with Gasteiger partial charge in [0.25, 0.3) is 5.69 Å². The maximum Gasteiger partial charge on any atom is 0.275 e. The number of rotatable bonds is 7. The van der Waals surface area contributed by atoms with Crippen molar-refractivity contribution in [1.82, 2.24) is 0 Å². The summed E-state index contributed by atoms with van der Waals surface area (Å²) in [5.41, 5.74) is 1.64. The molecule has 18 heavy (non-hydrogen) atoms. The quantitative estimate of drug-likeness (QED) is 0.458. The van der Waals surface area contributed by atoms with Crippen LogP contribution in [-0.2, 0) is 0 Å². The molecule has 0 aliphatic carbocycles. The summed E-state index contributed by atoms with van der Waals surface area (Å²) in [5.74, 6) is 0.510. The van der Waals surface area contributed by atoms with Gasteiger partial charge in [-0.1, -0.05) is 19.1 Å². The Bertz CT molecular complexity index is 444. The third-order valence-corrected chi connectivity index (χ3v) is 2.17. The van der Waals surface area contributed by atoms with E-state index < -0.39 is 4.92 Å². The average Bonchev–Trinajstić information content (AvgIpc) is 2.33. The Balaban J connectivity index is 2.90. The van der Waals surface area contributed by atoms with E-state index in [1.165, 1.54) is 12.1 Å². The highest BCUT2D eigenvalue weighted by Crippen LogP contribution is 2.26. The van der Waals surface area contributed by atoms with Crippen LogP contribution >= 0.6 is 0 Å². The molecule has 0 amide bonds. The number of benzene rings is 1. The molecule has 0 radical (unpaired) electrons. The fraction of sp³-hybridized carbons (Fsp3) is 0.385. The first-order valence-electron chi connectivity index (χ1n) is 5.83. The van der Waals surface area contributed by atoms with Gasteiger partial charge in [0.2, 0.25) is 0 Å². The van der Waals surface area contributed by atoms with Crippen molar-refractivity contribution in [2.24, 2.45) is 0 Å². The molecule has 5 nitrogen and oxygen atoms in total. The van der Waals surface area contributed by atoms with Crippen LogP contribution in [-0.4, -0.2) is 18.1 Å². The molecule has 0 unspecified atom stereocenters. The molecule has 0 aliphatic heterocycles. The Morgan fingerprint density at radius 2 is 2.22 bits per heavy atom. The van der Waals surface area contributed by atoms with Crippen molar-refractivity contribution >= 4 is 11.4 Å². The van der Waals surface area contributed by atoms with Crippen LogP contribution in [0.4, 0.5) is 11.4 Å². The van der Waals surface area contributed by atoms with Crippen molar-refractivity contribution in [3.63, 3.8) is 0 Å². The molecule has 5 heteroatoms. The number of non-ortho nitro benzene ring substituents is 1. The van der Waals surface area contributed by atoms with Gasteiger partial charge in [0, 0.05) is 24.4 Å². The number of hydrogen-bond donors (Lipinski definition) is 1. The van der Waals surface area contributed by atoms with E-state index in [1.54, 1.807) is 6.07 Å². The van der Waals surface area contributed by atoms with E-state index in [4.69, 9.17) is 4.74 Å². The lowest BCUT2D eigenvalue weighted by atomic mass is 10.2. The number of nitro groups is 1. The summed E-state index contributed by atoms with van der Waals surface area (Å²) in [4.78, 5) is 10.4. The maximum atomic E-state index is 10.8. The Morgan fingerprint density at radius 3 is 2.78 bits per heavy atom. The summed E-state index contributed by atoms with van der Waals surface area (Å²) in [6.45, 7) is 8.76. The lowest BCUT2D eigenvalue weighted by Gasteiger charge is -2.09. The number of nitro benzene ring substituents is 1. The molecule has 0 aliphatic rings.